The topological polar surface area (TPSA) is 63.7 Å². The molecule has 2 saturated heterocycles. The van der Waals surface area contributed by atoms with E-state index in [-0.39, 0.29) is 22.3 Å². The van der Waals surface area contributed by atoms with Gasteiger partial charge in [-0.25, -0.2) is 9.59 Å². The number of benzene rings is 1. The molecule has 0 N–H and O–H groups in total. The molecule has 6 heteroatoms. The Morgan fingerprint density at radius 2 is 1.97 bits per heavy atom. The van der Waals surface area contributed by atoms with Crippen LogP contribution in [0.4, 0.5) is 0 Å². The molecule has 4 rings (SSSR count). The van der Waals surface area contributed by atoms with Crippen LogP contribution in [-0.4, -0.2) is 59.9 Å². The smallest absolute Gasteiger partial charge is 0.343 e. The summed E-state index contributed by atoms with van der Waals surface area (Å²) < 4.78 is 5.35. The van der Waals surface area contributed by atoms with Gasteiger partial charge in [0.25, 0.3) is 0 Å². The van der Waals surface area contributed by atoms with Crippen LogP contribution in [0.5, 0.6) is 5.75 Å². The maximum Gasteiger partial charge on any atom is 0.343 e. The molecule has 3 amide bonds. The molecule has 3 aliphatic rings. The zero-order chi connectivity index (χ0) is 25.0. The summed E-state index contributed by atoms with van der Waals surface area (Å²) in [6, 6.07) is 3.93. The summed E-state index contributed by atoms with van der Waals surface area (Å²) in [4.78, 5) is 40.4. The lowest BCUT2D eigenvalue weighted by molar-refractivity contribution is -0.781. The summed E-state index contributed by atoms with van der Waals surface area (Å²) in [5.74, 6) is 0.959. The fourth-order valence-electron chi connectivity index (χ4n) is 6.30. The normalized spacial score (nSPS) is 25.8. The van der Waals surface area contributed by atoms with Crippen LogP contribution in [0.25, 0.3) is 6.08 Å². The van der Waals surface area contributed by atoms with Crippen LogP contribution in [0.3, 0.4) is 0 Å². The summed E-state index contributed by atoms with van der Waals surface area (Å²) in [7, 11) is 1.71. The predicted molar refractivity (Wildman–Crippen MR) is 137 cm³/mol. The van der Waals surface area contributed by atoms with E-state index in [1.165, 1.54) is 22.3 Å². The summed E-state index contributed by atoms with van der Waals surface area (Å²) in [5.41, 5.74) is 5.26. The van der Waals surface area contributed by atoms with Crippen LogP contribution >= 0.6 is 0 Å². The predicted octanol–water partition coefficient (Wildman–Crippen LogP) is 4.96. The number of allylic oxidation sites excluding steroid dienone is 1. The maximum absolute atomic E-state index is 13.5. The van der Waals surface area contributed by atoms with E-state index in [9.17, 15) is 14.4 Å². The number of fused-ring (bicyclic) bond motifs is 1. The Morgan fingerprint density at radius 1 is 1.14 bits per heavy atom. The van der Waals surface area contributed by atoms with E-state index >= 15 is 0 Å². The molecule has 2 heterocycles. The second-order valence-electron chi connectivity index (χ2n) is 10.7. The molecule has 2 fully saturated rings. The Balaban J connectivity index is 1.26. The van der Waals surface area contributed by atoms with E-state index in [4.69, 9.17) is 4.74 Å². The highest BCUT2D eigenvalue weighted by atomic mass is 16.5. The van der Waals surface area contributed by atoms with Crippen molar-refractivity contribution in [2.24, 2.45) is 0 Å². The largest absolute Gasteiger partial charge is 0.496 e. The quantitative estimate of drug-likeness (QED) is 0.284. The van der Waals surface area contributed by atoms with Gasteiger partial charge in [0, 0.05) is 25.8 Å². The molecule has 0 radical (unpaired) electrons. The number of unbranched alkanes of at least 4 members (excludes halogenated alkanes) is 2. The van der Waals surface area contributed by atoms with E-state index in [1.807, 2.05) is 6.92 Å². The molecule has 190 valence electrons. The minimum atomic E-state index is -0.440. The van der Waals surface area contributed by atoms with Crippen molar-refractivity contribution in [2.45, 2.75) is 96.6 Å². The third kappa shape index (κ3) is 5.23. The molecule has 35 heavy (non-hydrogen) atoms. The molecular weight excluding hydrogens is 440 g/mol. The van der Waals surface area contributed by atoms with Crippen molar-refractivity contribution >= 4 is 24.3 Å². The first-order valence-electron chi connectivity index (χ1n) is 13.4. The minimum absolute atomic E-state index is 0.0138. The first kappa shape index (κ1) is 25.6. The van der Waals surface area contributed by atoms with Gasteiger partial charge < -0.3 is 9.64 Å². The maximum atomic E-state index is 13.5. The Labute approximate surface area is 209 Å². The highest BCUT2D eigenvalue weighted by Gasteiger charge is 2.51. The summed E-state index contributed by atoms with van der Waals surface area (Å²) >= 11 is 0. The number of hydrogen-bond donors (Lipinski definition) is 0. The fourth-order valence-corrected chi connectivity index (χ4v) is 6.30. The summed E-state index contributed by atoms with van der Waals surface area (Å²) in [5, 5.41) is 0. The third-order valence-corrected chi connectivity index (χ3v) is 8.47. The number of piperidine rings is 1. The van der Waals surface area contributed by atoms with Gasteiger partial charge in [-0.3, -0.25) is 4.79 Å². The Bertz CT molecular complexity index is 1000. The van der Waals surface area contributed by atoms with Gasteiger partial charge >= 0.3 is 12.3 Å². The van der Waals surface area contributed by atoms with Crippen molar-refractivity contribution < 1.29 is 23.6 Å². The molecule has 1 aromatic carbocycles. The highest BCUT2D eigenvalue weighted by Crippen LogP contribution is 2.33. The lowest BCUT2D eigenvalue weighted by Gasteiger charge is -2.39. The number of carbonyl (C=O) groups is 3. The van der Waals surface area contributed by atoms with E-state index in [0.717, 1.165) is 69.9 Å². The molecule has 2 aliphatic heterocycles. The second kappa shape index (κ2) is 11.1. The molecule has 6 nitrogen and oxygen atoms in total. The molecule has 0 spiro atoms. The summed E-state index contributed by atoms with van der Waals surface area (Å²) in [6.07, 6.45) is 12.9. The van der Waals surface area contributed by atoms with Gasteiger partial charge in [0.1, 0.15) is 17.8 Å². The van der Waals surface area contributed by atoms with E-state index in [1.54, 1.807) is 12.0 Å². The number of aryl methyl sites for hydroxylation is 1. The number of nitrogens with zero attached hydrogens (tertiary/aromatic N) is 2. The van der Waals surface area contributed by atoms with Crippen molar-refractivity contribution in [3.63, 3.8) is 0 Å². The Hall–Kier alpha value is -2.47. The number of quaternary nitrogens is 1. The van der Waals surface area contributed by atoms with Crippen LogP contribution in [0.2, 0.25) is 0 Å². The van der Waals surface area contributed by atoms with Gasteiger partial charge in [-0.1, -0.05) is 24.1 Å². The van der Waals surface area contributed by atoms with Gasteiger partial charge in [0.2, 0.25) is 5.91 Å². The van der Waals surface area contributed by atoms with Crippen molar-refractivity contribution in [1.82, 2.24) is 4.90 Å². The van der Waals surface area contributed by atoms with Crippen LogP contribution in [0.1, 0.15) is 87.8 Å². The van der Waals surface area contributed by atoms with Gasteiger partial charge in [0.05, 0.1) is 13.7 Å². The van der Waals surface area contributed by atoms with E-state index in [0.29, 0.717) is 25.9 Å². The molecule has 0 aromatic heterocycles. The van der Waals surface area contributed by atoms with Crippen molar-refractivity contribution in [3.8, 4) is 5.75 Å². The Morgan fingerprint density at radius 3 is 2.69 bits per heavy atom. The molecule has 0 saturated carbocycles. The average Bonchev–Trinajstić information content (AvgIpc) is 3.45. The molecule has 0 bridgehead atoms. The lowest BCUT2D eigenvalue weighted by atomic mass is 9.98. The Kier molecular flexibility index (Phi) is 8.10. The third-order valence-electron chi connectivity index (χ3n) is 8.47. The zero-order valence-corrected chi connectivity index (χ0v) is 21.7. The van der Waals surface area contributed by atoms with Gasteiger partial charge in [-0.15, -0.1) is 0 Å². The molecular formula is C29H41N2O4+. The van der Waals surface area contributed by atoms with Crippen molar-refractivity contribution in [1.29, 1.82) is 0 Å². The van der Waals surface area contributed by atoms with Crippen LogP contribution in [-0.2, 0) is 20.8 Å². The first-order chi connectivity index (χ1) is 16.9. The summed E-state index contributed by atoms with van der Waals surface area (Å²) in [6.45, 7) is 5.29. The average molecular weight is 482 g/mol. The van der Waals surface area contributed by atoms with E-state index < -0.39 is 6.04 Å². The lowest BCUT2D eigenvalue weighted by Crippen LogP contribution is -2.62. The van der Waals surface area contributed by atoms with Gasteiger partial charge in [0.15, 0.2) is 0 Å². The highest BCUT2D eigenvalue weighted by molar-refractivity contribution is 5.87. The molecule has 3 atom stereocenters. The number of ether oxygens (including phenoxy) is 1. The number of carbonyl (C=O) groups excluding carboxylic acids is 3. The van der Waals surface area contributed by atoms with E-state index in [2.05, 4.69) is 25.1 Å². The SMILES string of the molecule is COc1cc2c(cc1C)CC(CCCCCC(=O)N1CCCCC1C(=O)[N+]1(C=O)CCC[C@H]1C)=C2. The second-order valence-corrected chi connectivity index (χ2v) is 10.7. The number of methoxy groups -OCH3 is 1. The number of rotatable bonds is 9. The number of amides is 3. The number of likely N-dealkylation sites (tertiary alicyclic amines) is 2. The van der Waals surface area contributed by atoms with Crippen molar-refractivity contribution in [3.05, 3.63) is 34.4 Å². The number of hydrogen-bond acceptors (Lipinski definition) is 4. The molecule has 2 unspecified atom stereocenters. The van der Waals surface area contributed by atoms with Gasteiger partial charge in [-0.2, -0.15) is 4.48 Å². The van der Waals surface area contributed by atoms with Crippen LogP contribution < -0.4 is 4.74 Å². The molecule has 1 aromatic rings. The van der Waals surface area contributed by atoms with Crippen LogP contribution in [0.15, 0.2) is 17.7 Å². The van der Waals surface area contributed by atoms with Crippen LogP contribution in [0, 0.1) is 6.92 Å². The standard InChI is InChI=1S/C29H41N2O4/c1-21-16-24-17-23(18-25(24)19-27(21)35-3)11-5-4-6-13-28(33)30-14-8-7-12-26(30)29(34)31(20-32)15-9-10-22(31)2/h16,18-20,22,26H,4-15,17H2,1-3H3/q+1/t22-,26?,31?/m1/s1. The fraction of sp³-hybridized carbons (Fsp3) is 0.621. The van der Waals surface area contributed by atoms with Crippen molar-refractivity contribution in [2.75, 3.05) is 20.2 Å². The molecule has 1 aliphatic carbocycles. The minimum Gasteiger partial charge on any atom is -0.496 e. The number of imide groups is 1. The first-order valence-corrected chi connectivity index (χ1v) is 13.4. The monoisotopic (exact) mass is 481 g/mol. The van der Waals surface area contributed by atoms with Gasteiger partial charge in [-0.05, 0) is 81.5 Å². The zero-order valence-electron chi connectivity index (χ0n) is 21.7.